The largest absolute Gasteiger partial charge is 0.388 e. The molecule has 28 heavy (non-hydrogen) atoms. The Labute approximate surface area is 173 Å². The lowest BCUT2D eigenvalue weighted by molar-refractivity contribution is -0.0756. The number of aromatic nitrogens is 2. The summed E-state index contributed by atoms with van der Waals surface area (Å²) in [4.78, 5) is 6.74. The first-order valence-corrected chi connectivity index (χ1v) is 11.3. The van der Waals surface area contributed by atoms with Gasteiger partial charge in [-0.3, -0.25) is 4.90 Å². The van der Waals surface area contributed by atoms with Crippen LogP contribution in [0.25, 0.3) is 0 Å². The van der Waals surface area contributed by atoms with Crippen molar-refractivity contribution in [2.45, 2.75) is 105 Å². The third kappa shape index (κ3) is 9.06. The van der Waals surface area contributed by atoms with Gasteiger partial charge in [-0.15, -0.1) is 0 Å². The molecule has 0 radical (unpaired) electrons. The first kappa shape index (κ1) is 25.1. The molecule has 0 fully saturated rings. The van der Waals surface area contributed by atoms with Crippen LogP contribution < -0.4 is 0 Å². The molecule has 0 saturated carbocycles. The molecule has 2 N–H and O–H groups in total. The number of rotatable bonds is 15. The highest BCUT2D eigenvalue weighted by molar-refractivity contribution is 4.95. The first-order chi connectivity index (χ1) is 13.2. The standard InChI is InChI=1S/C23H45N3O2/c1-7-25(8-2)18-22-24-15-16-26(22)17-21(27)23(6,28)14-10-13-20(5)12-9-11-19(3)4/h15-16,19-21,27-28H,7-14,17-18H2,1-6H3. The Morgan fingerprint density at radius 3 is 2.36 bits per heavy atom. The van der Waals surface area contributed by atoms with Crippen LogP contribution in [0.1, 0.15) is 85.9 Å². The van der Waals surface area contributed by atoms with Crippen molar-refractivity contribution in [2.24, 2.45) is 11.8 Å². The van der Waals surface area contributed by atoms with E-state index in [2.05, 4.69) is 44.5 Å². The summed E-state index contributed by atoms with van der Waals surface area (Å²) in [6, 6.07) is 0. The predicted octanol–water partition coefficient (Wildman–Crippen LogP) is 4.47. The van der Waals surface area contributed by atoms with Gasteiger partial charge in [0.25, 0.3) is 0 Å². The quantitative estimate of drug-likeness (QED) is 0.460. The third-order valence-corrected chi connectivity index (χ3v) is 6.01. The van der Waals surface area contributed by atoms with Gasteiger partial charge in [-0.1, -0.05) is 66.7 Å². The van der Waals surface area contributed by atoms with Crippen molar-refractivity contribution >= 4 is 0 Å². The molecule has 0 saturated heterocycles. The SMILES string of the molecule is CCN(CC)Cc1nccn1CC(O)C(C)(O)CCCC(C)CCCC(C)C. The fourth-order valence-electron chi connectivity index (χ4n) is 3.68. The maximum atomic E-state index is 10.8. The van der Waals surface area contributed by atoms with Crippen molar-refractivity contribution in [1.29, 1.82) is 0 Å². The van der Waals surface area contributed by atoms with Crippen LogP contribution in [0.2, 0.25) is 0 Å². The summed E-state index contributed by atoms with van der Waals surface area (Å²) in [5.74, 6) is 2.40. The van der Waals surface area contributed by atoms with Gasteiger partial charge >= 0.3 is 0 Å². The Balaban J connectivity index is 2.46. The highest BCUT2D eigenvalue weighted by Gasteiger charge is 2.30. The highest BCUT2D eigenvalue weighted by atomic mass is 16.3. The van der Waals surface area contributed by atoms with Crippen LogP contribution in [0.4, 0.5) is 0 Å². The average Bonchev–Trinajstić information content (AvgIpc) is 3.05. The Morgan fingerprint density at radius 1 is 1.11 bits per heavy atom. The molecule has 0 aromatic carbocycles. The third-order valence-electron chi connectivity index (χ3n) is 6.01. The van der Waals surface area contributed by atoms with E-state index in [4.69, 9.17) is 0 Å². The second kappa shape index (κ2) is 12.6. The summed E-state index contributed by atoms with van der Waals surface area (Å²) in [6.45, 7) is 16.0. The summed E-state index contributed by atoms with van der Waals surface area (Å²) in [7, 11) is 0. The van der Waals surface area contributed by atoms with Crippen LogP contribution in [0.5, 0.6) is 0 Å². The molecule has 0 aliphatic rings. The lowest BCUT2D eigenvalue weighted by atomic mass is 9.89. The van der Waals surface area contributed by atoms with Crippen LogP contribution in [0.3, 0.4) is 0 Å². The normalized spacial score (nSPS) is 16.5. The smallest absolute Gasteiger partial charge is 0.122 e. The number of nitrogens with zero attached hydrogens (tertiary/aromatic N) is 3. The molecule has 0 aliphatic heterocycles. The number of imidazole rings is 1. The van der Waals surface area contributed by atoms with Gasteiger partial charge in [0.1, 0.15) is 11.9 Å². The molecule has 0 aliphatic carbocycles. The van der Waals surface area contributed by atoms with Gasteiger partial charge < -0.3 is 14.8 Å². The van der Waals surface area contributed by atoms with Crippen molar-refractivity contribution in [3.8, 4) is 0 Å². The molecule has 1 rings (SSSR count). The minimum atomic E-state index is -1.08. The fraction of sp³-hybridized carbons (Fsp3) is 0.870. The predicted molar refractivity (Wildman–Crippen MR) is 117 cm³/mol. The monoisotopic (exact) mass is 395 g/mol. The van der Waals surface area contributed by atoms with E-state index in [1.807, 2.05) is 10.8 Å². The van der Waals surface area contributed by atoms with Gasteiger partial charge in [0.15, 0.2) is 0 Å². The molecule has 164 valence electrons. The lowest BCUT2D eigenvalue weighted by Crippen LogP contribution is -2.42. The van der Waals surface area contributed by atoms with Crippen molar-refractivity contribution in [2.75, 3.05) is 13.1 Å². The van der Waals surface area contributed by atoms with Gasteiger partial charge in [-0.25, -0.2) is 4.98 Å². The van der Waals surface area contributed by atoms with E-state index in [0.717, 1.165) is 44.2 Å². The molecule has 3 atom stereocenters. The van der Waals surface area contributed by atoms with E-state index in [0.29, 0.717) is 18.9 Å². The molecule has 5 nitrogen and oxygen atoms in total. The molecule has 1 heterocycles. The van der Waals surface area contributed by atoms with E-state index < -0.39 is 11.7 Å². The lowest BCUT2D eigenvalue weighted by Gasteiger charge is -2.30. The highest BCUT2D eigenvalue weighted by Crippen LogP contribution is 2.24. The van der Waals surface area contributed by atoms with E-state index in [1.54, 1.807) is 13.1 Å². The Kier molecular flexibility index (Phi) is 11.3. The van der Waals surface area contributed by atoms with Crippen molar-refractivity contribution in [3.05, 3.63) is 18.2 Å². The minimum absolute atomic E-state index is 0.382. The number of hydrogen-bond donors (Lipinski definition) is 2. The van der Waals surface area contributed by atoms with Crippen LogP contribution in [-0.2, 0) is 13.1 Å². The van der Waals surface area contributed by atoms with Gasteiger partial charge in [-0.2, -0.15) is 0 Å². The summed E-state index contributed by atoms with van der Waals surface area (Å²) in [5, 5.41) is 21.5. The molecule has 0 amide bonds. The molecule has 5 heteroatoms. The van der Waals surface area contributed by atoms with Gasteiger partial charge in [0.2, 0.25) is 0 Å². The number of aliphatic hydroxyl groups excluding tert-OH is 1. The molecule has 1 aromatic heterocycles. The molecular formula is C23H45N3O2. The van der Waals surface area contributed by atoms with Crippen molar-refractivity contribution in [1.82, 2.24) is 14.5 Å². The second-order valence-electron chi connectivity index (χ2n) is 9.15. The zero-order valence-electron chi connectivity index (χ0n) is 19.2. The number of hydrogen-bond acceptors (Lipinski definition) is 4. The second-order valence-corrected chi connectivity index (χ2v) is 9.15. The molecule has 3 unspecified atom stereocenters. The van der Waals surface area contributed by atoms with Crippen LogP contribution in [0, 0.1) is 11.8 Å². The van der Waals surface area contributed by atoms with Crippen LogP contribution in [-0.4, -0.2) is 49.5 Å². The van der Waals surface area contributed by atoms with Crippen molar-refractivity contribution in [3.63, 3.8) is 0 Å². The van der Waals surface area contributed by atoms with Crippen LogP contribution >= 0.6 is 0 Å². The van der Waals surface area contributed by atoms with E-state index in [-0.39, 0.29) is 0 Å². The van der Waals surface area contributed by atoms with E-state index in [1.165, 1.54) is 19.3 Å². The topological polar surface area (TPSA) is 61.5 Å². The molecule has 0 bridgehead atoms. The van der Waals surface area contributed by atoms with E-state index >= 15 is 0 Å². The minimum Gasteiger partial charge on any atom is -0.388 e. The Hall–Kier alpha value is -0.910. The summed E-state index contributed by atoms with van der Waals surface area (Å²) >= 11 is 0. The summed E-state index contributed by atoms with van der Waals surface area (Å²) < 4.78 is 1.98. The van der Waals surface area contributed by atoms with Gasteiger partial charge in [0.05, 0.1) is 18.7 Å². The molecule has 0 spiro atoms. The van der Waals surface area contributed by atoms with Gasteiger partial charge in [0, 0.05) is 12.4 Å². The van der Waals surface area contributed by atoms with Gasteiger partial charge in [-0.05, 0) is 38.3 Å². The zero-order chi connectivity index (χ0) is 21.2. The summed E-state index contributed by atoms with van der Waals surface area (Å²) in [5.41, 5.74) is -1.08. The molecular weight excluding hydrogens is 350 g/mol. The number of aliphatic hydroxyl groups is 2. The average molecular weight is 396 g/mol. The maximum absolute atomic E-state index is 10.8. The maximum Gasteiger partial charge on any atom is 0.122 e. The fourth-order valence-corrected chi connectivity index (χ4v) is 3.68. The Morgan fingerprint density at radius 2 is 1.75 bits per heavy atom. The summed E-state index contributed by atoms with van der Waals surface area (Å²) in [6.07, 6.45) is 9.40. The first-order valence-electron chi connectivity index (χ1n) is 11.3. The molecule has 1 aromatic rings. The zero-order valence-corrected chi connectivity index (χ0v) is 19.2. The van der Waals surface area contributed by atoms with E-state index in [9.17, 15) is 10.2 Å². The van der Waals surface area contributed by atoms with Crippen LogP contribution in [0.15, 0.2) is 12.4 Å². The Bertz CT molecular complexity index is 524. The van der Waals surface area contributed by atoms with Crippen molar-refractivity contribution < 1.29 is 10.2 Å².